The number of rotatable bonds is 5. The summed E-state index contributed by atoms with van der Waals surface area (Å²) in [5.41, 5.74) is 1.52. The van der Waals surface area contributed by atoms with E-state index in [0.29, 0.717) is 0 Å². The zero-order chi connectivity index (χ0) is 15.7. The summed E-state index contributed by atoms with van der Waals surface area (Å²) in [5.74, 6) is 0. The Hall–Kier alpha value is -1.71. The molecule has 0 spiro atoms. The molecule has 2 aromatic rings. The van der Waals surface area contributed by atoms with E-state index in [0.717, 1.165) is 17.5 Å². The van der Waals surface area contributed by atoms with Crippen LogP contribution in [0, 0.1) is 6.92 Å². The van der Waals surface area contributed by atoms with Crippen molar-refractivity contribution < 1.29 is 16.8 Å². The Morgan fingerprint density at radius 3 is 2.14 bits per heavy atom. The van der Waals surface area contributed by atoms with Gasteiger partial charge in [0.15, 0.2) is 9.84 Å². The van der Waals surface area contributed by atoms with Crippen molar-refractivity contribution in [2.45, 2.75) is 23.3 Å². The fourth-order valence-corrected chi connectivity index (χ4v) is 3.31. The molecule has 1 aromatic carbocycles. The number of benzene rings is 1. The maximum absolute atomic E-state index is 12.1. The molecule has 1 heterocycles. The van der Waals surface area contributed by atoms with Gasteiger partial charge < -0.3 is 0 Å². The van der Waals surface area contributed by atoms with E-state index >= 15 is 0 Å². The van der Waals surface area contributed by atoms with E-state index in [1.165, 1.54) is 24.3 Å². The van der Waals surface area contributed by atoms with E-state index in [-0.39, 0.29) is 16.3 Å². The summed E-state index contributed by atoms with van der Waals surface area (Å²) >= 11 is 0. The van der Waals surface area contributed by atoms with Crippen LogP contribution in [0.2, 0.25) is 0 Å². The highest BCUT2D eigenvalue weighted by Gasteiger charge is 2.16. The van der Waals surface area contributed by atoms with Crippen LogP contribution in [0.25, 0.3) is 0 Å². The van der Waals surface area contributed by atoms with Crippen LogP contribution in [0.15, 0.2) is 40.3 Å². The quantitative estimate of drug-likeness (QED) is 0.835. The number of sulfonamides is 1. The summed E-state index contributed by atoms with van der Waals surface area (Å²) in [6.45, 7) is 1.90. The molecule has 0 atom stereocenters. The number of aryl methyl sites for hydroxylation is 1. The van der Waals surface area contributed by atoms with Crippen molar-refractivity contribution >= 4 is 19.9 Å². The summed E-state index contributed by atoms with van der Waals surface area (Å²) in [4.78, 5) is 0.0863. The predicted molar refractivity (Wildman–Crippen MR) is 76.9 cm³/mol. The van der Waals surface area contributed by atoms with Crippen molar-refractivity contribution in [3.05, 3.63) is 41.7 Å². The Morgan fingerprint density at radius 2 is 1.67 bits per heavy atom. The Balaban J connectivity index is 2.18. The fourth-order valence-electron chi connectivity index (χ4n) is 1.68. The molecular weight excluding hydrogens is 314 g/mol. The molecule has 0 saturated carbocycles. The van der Waals surface area contributed by atoms with Crippen LogP contribution < -0.4 is 4.72 Å². The third-order valence-electron chi connectivity index (χ3n) is 2.95. The van der Waals surface area contributed by atoms with Gasteiger partial charge in [-0.3, -0.25) is 5.10 Å². The Morgan fingerprint density at radius 1 is 1.10 bits per heavy atom. The highest BCUT2D eigenvalue weighted by Crippen LogP contribution is 2.15. The van der Waals surface area contributed by atoms with Crippen molar-refractivity contribution in [3.8, 4) is 0 Å². The van der Waals surface area contributed by atoms with Gasteiger partial charge in [0.2, 0.25) is 10.0 Å². The molecule has 2 rings (SSSR count). The molecule has 0 aliphatic heterocycles. The number of hydrogen-bond acceptors (Lipinski definition) is 5. The van der Waals surface area contributed by atoms with E-state index < -0.39 is 19.9 Å². The Kier molecular flexibility index (Phi) is 4.17. The maximum atomic E-state index is 12.1. The minimum absolute atomic E-state index is 0.0102. The first-order valence-corrected chi connectivity index (χ1v) is 9.36. The first kappa shape index (κ1) is 15.7. The fraction of sp³-hybridized carbons (Fsp3) is 0.250. The number of hydrogen-bond donors (Lipinski definition) is 2. The van der Waals surface area contributed by atoms with Gasteiger partial charge in [-0.15, -0.1) is 0 Å². The smallest absolute Gasteiger partial charge is 0.240 e. The summed E-state index contributed by atoms with van der Waals surface area (Å²) in [6, 6.07) is 5.07. The van der Waals surface area contributed by atoms with Crippen LogP contribution in [0.5, 0.6) is 0 Å². The van der Waals surface area contributed by atoms with Crippen LogP contribution in [0.3, 0.4) is 0 Å². The lowest BCUT2D eigenvalue weighted by atomic mass is 10.3. The number of sulfone groups is 1. The molecule has 0 fully saturated rings. The SMILES string of the molecule is Cc1[nH]ncc1CNS(=O)(=O)c1ccc(S(C)(=O)=O)cc1. The van der Waals surface area contributed by atoms with Crippen molar-refractivity contribution in [2.75, 3.05) is 6.26 Å². The normalized spacial score (nSPS) is 12.5. The molecule has 21 heavy (non-hydrogen) atoms. The van der Waals surface area contributed by atoms with Gasteiger partial charge >= 0.3 is 0 Å². The number of H-pyrrole nitrogens is 1. The number of nitrogens with one attached hydrogen (secondary N) is 2. The molecule has 7 nitrogen and oxygen atoms in total. The number of aromatic nitrogens is 2. The second-order valence-corrected chi connectivity index (χ2v) is 8.37. The lowest BCUT2D eigenvalue weighted by Gasteiger charge is -2.07. The zero-order valence-corrected chi connectivity index (χ0v) is 13.1. The zero-order valence-electron chi connectivity index (χ0n) is 11.5. The molecule has 0 bridgehead atoms. The molecule has 0 radical (unpaired) electrons. The van der Waals surface area contributed by atoms with Gasteiger partial charge in [0.05, 0.1) is 16.0 Å². The van der Waals surface area contributed by atoms with Crippen LogP contribution in [0.1, 0.15) is 11.3 Å². The van der Waals surface area contributed by atoms with Gasteiger partial charge in [-0.05, 0) is 31.2 Å². The highest BCUT2D eigenvalue weighted by atomic mass is 32.2. The van der Waals surface area contributed by atoms with E-state index in [2.05, 4.69) is 14.9 Å². The predicted octanol–water partition coefficient (Wildman–Crippen LogP) is 0.600. The van der Waals surface area contributed by atoms with Gasteiger partial charge in [-0.2, -0.15) is 5.10 Å². The second kappa shape index (κ2) is 5.58. The van der Waals surface area contributed by atoms with E-state index in [1.807, 2.05) is 0 Å². The highest BCUT2D eigenvalue weighted by molar-refractivity contribution is 7.90. The Bertz CT molecular complexity index is 837. The topological polar surface area (TPSA) is 109 Å². The van der Waals surface area contributed by atoms with Crippen molar-refractivity contribution in [1.82, 2.24) is 14.9 Å². The summed E-state index contributed by atoms with van der Waals surface area (Å²) < 4.78 is 49.3. The van der Waals surface area contributed by atoms with Crippen LogP contribution in [-0.2, 0) is 26.4 Å². The number of aromatic amines is 1. The standard InChI is InChI=1S/C12H15N3O4S2/c1-9-10(7-13-15-9)8-14-21(18,19)12-5-3-11(4-6-12)20(2,16)17/h3-7,14H,8H2,1-2H3,(H,13,15). The van der Waals surface area contributed by atoms with E-state index in [1.54, 1.807) is 13.1 Å². The van der Waals surface area contributed by atoms with Gasteiger partial charge in [0.25, 0.3) is 0 Å². The largest absolute Gasteiger partial charge is 0.283 e. The average Bonchev–Trinajstić information content (AvgIpc) is 2.81. The Labute approximate surface area is 123 Å². The molecule has 0 amide bonds. The van der Waals surface area contributed by atoms with E-state index in [4.69, 9.17) is 0 Å². The number of nitrogens with zero attached hydrogens (tertiary/aromatic N) is 1. The molecule has 0 aliphatic carbocycles. The average molecular weight is 329 g/mol. The first-order valence-electron chi connectivity index (χ1n) is 5.99. The molecule has 9 heteroatoms. The minimum Gasteiger partial charge on any atom is -0.283 e. The molecule has 1 aromatic heterocycles. The maximum Gasteiger partial charge on any atom is 0.240 e. The lowest BCUT2D eigenvalue weighted by molar-refractivity contribution is 0.580. The lowest BCUT2D eigenvalue weighted by Crippen LogP contribution is -2.23. The second-order valence-electron chi connectivity index (χ2n) is 4.59. The molecule has 114 valence electrons. The minimum atomic E-state index is -3.70. The van der Waals surface area contributed by atoms with Crippen LogP contribution >= 0.6 is 0 Å². The van der Waals surface area contributed by atoms with Gasteiger partial charge in [-0.1, -0.05) is 0 Å². The molecule has 0 aliphatic rings. The first-order chi connectivity index (χ1) is 9.70. The summed E-state index contributed by atoms with van der Waals surface area (Å²) in [5, 5.41) is 6.52. The molecule has 0 unspecified atom stereocenters. The van der Waals surface area contributed by atoms with Crippen molar-refractivity contribution in [2.24, 2.45) is 0 Å². The summed E-state index contributed by atoms with van der Waals surface area (Å²) in [7, 11) is -7.05. The monoisotopic (exact) mass is 329 g/mol. The molecular formula is C12H15N3O4S2. The van der Waals surface area contributed by atoms with Crippen molar-refractivity contribution in [1.29, 1.82) is 0 Å². The third-order valence-corrected chi connectivity index (χ3v) is 5.49. The van der Waals surface area contributed by atoms with Gasteiger partial charge in [0, 0.05) is 24.1 Å². The van der Waals surface area contributed by atoms with Gasteiger partial charge in [-0.25, -0.2) is 21.6 Å². The summed E-state index contributed by atoms with van der Waals surface area (Å²) in [6.07, 6.45) is 2.61. The van der Waals surface area contributed by atoms with Gasteiger partial charge in [0.1, 0.15) is 0 Å². The van der Waals surface area contributed by atoms with Crippen molar-refractivity contribution in [3.63, 3.8) is 0 Å². The van der Waals surface area contributed by atoms with Crippen LogP contribution in [-0.4, -0.2) is 33.3 Å². The molecule has 0 saturated heterocycles. The van der Waals surface area contributed by atoms with E-state index in [9.17, 15) is 16.8 Å². The third kappa shape index (κ3) is 3.69. The molecule has 2 N–H and O–H groups in total. The van der Waals surface area contributed by atoms with Crippen LogP contribution in [0.4, 0.5) is 0 Å².